The number of hydroxylamine groups is 2. The second kappa shape index (κ2) is 6.44. The number of hydrogen-bond donors (Lipinski definition) is 1. The van der Waals surface area contributed by atoms with Crippen LogP contribution in [0.1, 0.15) is 47.7 Å². The van der Waals surface area contributed by atoms with Crippen molar-refractivity contribution >= 4 is 28.2 Å². The van der Waals surface area contributed by atoms with Gasteiger partial charge in [-0.1, -0.05) is 0 Å². The maximum absolute atomic E-state index is 12.2. The highest BCUT2D eigenvalue weighted by atomic mass is 32.1. The number of hydrogen-bond acceptors (Lipinski definition) is 6. The summed E-state index contributed by atoms with van der Waals surface area (Å²) >= 11 is 1.31. The molecule has 116 valence electrons. The smallest absolute Gasteiger partial charge is 0.363 e. The number of amides is 1. The molecule has 2 heterocycles. The third-order valence-corrected chi connectivity index (χ3v) is 4.52. The summed E-state index contributed by atoms with van der Waals surface area (Å²) in [7, 11) is 0. The van der Waals surface area contributed by atoms with E-state index in [9.17, 15) is 9.59 Å². The number of fused-ring (bicyclic) bond motifs is 1. The quantitative estimate of drug-likeness (QED) is 0.844. The molecule has 0 bridgehead atoms. The van der Waals surface area contributed by atoms with Crippen molar-refractivity contribution in [2.75, 3.05) is 24.7 Å². The van der Waals surface area contributed by atoms with Crippen LogP contribution >= 0.6 is 11.3 Å². The molecule has 0 aromatic carbocycles. The Labute approximate surface area is 128 Å². The fourth-order valence-electron chi connectivity index (χ4n) is 2.11. The zero-order valence-corrected chi connectivity index (χ0v) is 13.6. The molecule has 0 saturated heterocycles. The van der Waals surface area contributed by atoms with Crippen molar-refractivity contribution in [3.63, 3.8) is 0 Å². The summed E-state index contributed by atoms with van der Waals surface area (Å²) in [4.78, 5) is 31.9. The van der Waals surface area contributed by atoms with Gasteiger partial charge >= 0.3 is 5.97 Å². The molecule has 6 nitrogen and oxygen atoms in total. The molecule has 1 aliphatic heterocycles. The van der Waals surface area contributed by atoms with Crippen molar-refractivity contribution in [3.8, 4) is 0 Å². The highest BCUT2D eigenvalue weighted by Gasteiger charge is 2.29. The summed E-state index contributed by atoms with van der Waals surface area (Å²) in [6.45, 7) is 9.67. The molecule has 2 rings (SSSR count). The third-order valence-electron chi connectivity index (χ3n) is 3.37. The molecule has 0 spiro atoms. The Morgan fingerprint density at radius 3 is 2.71 bits per heavy atom. The Balaban J connectivity index is 2.26. The normalized spacial score (nSPS) is 14.4. The van der Waals surface area contributed by atoms with E-state index in [0.29, 0.717) is 30.2 Å². The number of nitrogens with one attached hydrogen (secondary N) is 1. The zero-order chi connectivity index (χ0) is 15.6. The largest absolute Gasteiger partial charge is 0.367 e. The van der Waals surface area contributed by atoms with Gasteiger partial charge in [-0.15, -0.1) is 16.4 Å². The summed E-state index contributed by atoms with van der Waals surface area (Å²) in [5, 5.41) is 5.23. The van der Waals surface area contributed by atoms with Crippen molar-refractivity contribution in [3.05, 3.63) is 16.5 Å². The summed E-state index contributed by atoms with van der Waals surface area (Å²) in [5.74, 6) is -0.547. The summed E-state index contributed by atoms with van der Waals surface area (Å²) in [5.41, 5.74) is 0.548. The van der Waals surface area contributed by atoms with Gasteiger partial charge in [-0.2, -0.15) is 0 Å². The van der Waals surface area contributed by atoms with Crippen LogP contribution in [-0.4, -0.2) is 42.7 Å². The molecule has 0 saturated carbocycles. The van der Waals surface area contributed by atoms with Gasteiger partial charge in [0.2, 0.25) is 0 Å². The molecule has 1 N–H and O–H groups in total. The van der Waals surface area contributed by atoms with Crippen LogP contribution in [0.25, 0.3) is 0 Å². The minimum Gasteiger partial charge on any atom is -0.363 e. The lowest BCUT2D eigenvalue weighted by Crippen LogP contribution is -2.45. The molecule has 0 unspecified atom stereocenters. The Morgan fingerprint density at radius 1 is 1.48 bits per heavy atom. The van der Waals surface area contributed by atoms with Crippen molar-refractivity contribution in [1.82, 2.24) is 10.4 Å². The molecule has 1 amide bonds. The number of carbonyl (C=O) groups is 2. The lowest BCUT2D eigenvalue weighted by atomic mass is 10.2. The van der Waals surface area contributed by atoms with Crippen LogP contribution in [0, 0.1) is 0 Å². The first-order valence-corrected chi connectivity index (χ1v) is 7.95. The number of anilines is 1. The SMILES string of the molecule is CCN(CC)OC(=O)c1cc2c(s1)N(C(C)C)CNC2=O. The second-order valence-electron chi connectivity index (χ2n) is 5.05. The molecule has 1 aliphatic rings. The van der Waals surface area contributed by atoms with Gasteiger partial charge in [0.05, 0.1) is 12.2 Å². The van der Waals surface area contributed by atoms with E-state index in [1.807, 2.05) is 13.8 Å². The van der Waals surface area contributed by atoms with E-state index in [4.69, 9.17) is 4.84 Å². The van der Waals surface area contributed by atoms with Crippen molar-refractivity contribution < 1.29 is 14.4 Å². The molecule has 0 atom stereocenters. The lowest BCUT2D eigenvalue weighted by Gasteiger charge is -2.31. The van der Waals surface area contributed by atoms with Gasteiger partial charge < -0.3 is 15.1 Å². The number of carbonyl (C=O) groups excluding carboxylic acids is 2. The van der Waals surface area contributed by atoms with Crippen LogP contribution in [-0.2, 0) is 4.84 Å². The fourth-order valence-corrected chi connectivity index (χ4v) is 3.27. The topological polar surface area (TPSA) is 61.9 Å². The van der Waals surface area contributed by atoms with Gasteiger partial charge in [-0.3, -0.25) is 4.79 Å². The first-order valence-electron chi connectivity index (χ1n) is 7.13. The number of rotatable bonds is 5. The van der Waals surface area contributed by atoms with E-state index in [1.165, 1.54) is 11.3 Å². The predicted molar refractivity (Wildman–Crippen MR) is 82.6 cm³/mol. The standard InChI is InChI=1S/C14H21N3O3S/c1-5-16(6-2)20-14(19)11-7-10-12(18)15-8-17(9(3)4)13(10)21-11/h7,9H,5-6,8H2,1-4H3,(H,15,18). The van der Waals surface area contributed by atoms with Gasteiger partial charge in [0.1, 0.15) is 9.88 Å². The minimum atomic E-state index is -0.408. The zero-order valence-electron chi connectivity index (χ0n) is 12.8. The van der Waals surface area contributed by atoms with Crippen molar-refractivity contribution in [2.45, 2.75) is 33.7 Å². The molecular formula is C14H21N3O3S. The molecule has 0 aliphatic carbocycles. The molecule has 0 radical (unpaired) electrons. The van der Waals surface area contributed by atoms with Gasteiger partial charge in [-0.05, 0) is 33.8 Å². The van der Waals surface area contributed by atoms with E-state index in [1.54, 1.807) is 11.1 Å². The Hall–Kier alpha value is -1.60. The van der Waals surface area contributed by atoms with E-state index >= 15 is 0 Å². The minimum absolute atomic E-state index is 0.139. The Bertz CT molecular complexity index is 538. The number of thiophene rings is 1. The maximum atomic E-state index is 12.2. The number of nitrogens with zero attached hydrogens (tertiary/aromatic N) is 2. The molecule has 0 fully saturated rings. The van der Waals surface area contributed by atoms with E-state index in [0.717, 1.165) is 5.00 Å². The van der Waals surface area contributed by atoms with Gasteiger partial charge in [-0.25, -0.2) is 4.79 Å². The molecule has 7 heteroatoms. The van der Waals surface area contributed by atoms with E-state index < -0.39 is 5.97 Å². The first-order chi connectivity index (χ1) is 9.97. The fraction of sp³-hybridized carbons (Fsp3) is 0.571. The van der Waals surface area contributed by atoms with E-state index in [-0.39, 0.29) is 11.9 Å². The van der Waals surface area contributed by atoms with Crippen LogP contribution in [0.15, 0.2) is 6.07 Å². The predicted octanol–water partition coefficient (Wildman–Crippen LogP) is 2.08. The third kappa shape index (κ3) is 3.19. The average molecular weight is 311 g/mol. The average Bonchev–Trinajstić information content (AvgIpc) is 2.90. The Morgan fingerprint density at radius 2 is 2.14 bits per heavy atom. The van der Waals surface area contributed by atoms with Crippen LogP contribution in [0.5, 0.6) is 0 Å². The Kier molecular flexibility index (Phi) is 4.84. The van der Waals surface area contributed by atoms with Gasteiger partial charge in [0.15, 0.2) is 0 Å². The summed E-state index contributed by atoms with van der Waals surface area (Å²) in [6.07, 6.45) is 0. The first kappa shape index (κ1) is 15.8. The van der Waals surface area contributed by atoms with Crippen LogP contribution < -0.4 is 10.2 Å². The van der Waals surface area contributed by atoms with Crippen molar-refractivity contribution in [2.24, 2.45) is 0 Å². The summed E-state index contributed by atoms with van der Waals surface area (Å²) in [6, 6.07) is 1.87. The highest BCUT2D eigenvalue weighted by molar-refractivity contribution is 7.18. The van der Waals surface area contributed by atoms with E-state index in [2.05, 4.69) is 24.1 Å². The maximum Gasteiger partial charge on any atom is 0.367 e. The molecule has 21 heavy (non-hydrogen) atoms. The van der Waals surface area contributed by atoms with Crippen LogP contribution in [0.3, 0.4) is 0 Å². The molecule has 1 aromatic heterocycles. The summed E-state index contributed by atoms with van der Waals surface area (Å²) < 4.78 is 0. The second-order valence-corrected chi connectivity index (χ2v) is 6.08. The van der Waals surface area contributed by atoms with Crippen LogP contribution in [0.2, 0.25) is 0 Å². The van der Waals surface area contributed by atoms with Gasteiger partial charge in [0, 0.05) is 19.1 Å². The molecular weight excluding hydrogens is 290 g/mol. The highest BCUT2D eigenvalue weighted by Crippen LogP contribution is 2.35. The lowest BCUT2D eigenvalue weighted by molar-refractivity contribution is -0.102. The monoisotopic (exact) mass is 311 g/mol. The van der Waals surface area contributed by atoms with Crippen LogP contribution in [0.4, 0.5) is 5.00 Å². The molecule has 1 aromatic rings. The van der Waals surface area contributed by atoms with Crippen molar-refractivity contribution in [1.29, 1.82) is 0 Å². The van der Waals surface area contributed by atoms with Gasteiger partial charge in [0.25, 0.3) is 5.91 Å².